The van der Waals surface area contributed by atoms with Gasteiger partial charge in [-0.15, -0.1) is 0 Å². The van der Waals surface area contributed by atoms with Crippen LogP contribution in [0.3, 0.4) is 0 Å². The summed E-state index contributed by atoms with van der Waals surface area (Å²) in [4.78, 5) is 40.7. The van der Waals surface area contributed by atoms with Gasteiger partial charge in [-0.3, -0.25) is 18.7 Å². The first-order chi connectivity index (χ1) is 11.4. The molecule has 128 valence electrons. The average Bonchev–Trinajstić information content (AvgIpc) is 2.58. The van der Waals surface area contributed by atoms with Gasteiger partial charge in [-0.05, 0) is 25.3 Å². The van der Waals surface area contributed by atoms with Crippen molar-refractivity contribution >= 4 is 22.6 Å². The van der Waals surface area contributed by atoms with Crippen LogP contribution in [-0.4, -0.2) is 26.1 Å². The zero-order valence-corrected chi connectivity index (χ0v) is 13.8. The largest absolute Gasteiger partial charge is 0.332 e. The van der Waals surface area contributed by atoms with E-state index in [0.717, 1.165) is 23.8 Å². The van der Waals surface area contributed by atoms with Gasteiger partial charge >= 0.3 is 5.69 Å². The number of amides is 1. The van der Waals surface area contributed by atoms with Gasteiger partial charge in [-0.25, -0.2) is 9.78 Å². The van der Waals surface area contributed by atoms with E-state index in [1.165, 1.54) is 17.8 Å². The van der Waals surface area contributed by atoms with Crippen molar-refractivity contribution in [3.63, 3.8) is 0 Å². The fourth-order valence-electron chi connectivity index (χ4n) is 3.24. The summed E-state index contributed by atoms with van der Waals surface area (Å²) >= 11 is 0. The number of carbonyl (C=O) groups excluding carboxylic acids is 1. The lowest BCUT2D eigenvalue weighted by molar-refractivity contribution is -0.120. The van der Waals surface area contributed by atoms with Gasteiger partial charge in [-0.1, -0.05) is 6.42 Å². The highest BCUT2D eigenvalue weighted by molar-refractivity contribution is 5.94. The molecule has 0 aromatic carbocycles. The van der Waals surface area contributed by atoms with E-state index in [4.69, 9.17) is 5.73 Å². The number of hydrogen-bond donors (Lipinski definition) is 2. The predicted molar refractivity (Wildman–Crippen MR) is 90.8 cm³/mol. The molecule has 0 spiro atoms. The van der Waals surface area contributed by atoms with E-state index in [2.05, 4.69) is 10.3 Å². The van der Waals surface area contributed by atoms with Gasteiger partial charge < -0.3 is 11.1 Å². The summed E-state index contributed by atoms with van der Waals surface area (Å²) in [5, 5.41) is 3.10. The second-order valence-electron chi connectivity index (χ2n) is 6.41. The van der Waals surface area contributed by atoms with Gasteiger partial charge in [-0.2, -0.15) is 0 Å². The smallest absolute Gasteiger partial charge is 0.328 e. The van der Waals surface area contributed by atoms with Crippen LogP contribution >= 0.6 is 0 Å². The Morgan fingerprint density at radius 3 is 2.75 bits per heavy atom. The van der Waals surface area contributed by atoms with Crippen molar-refractivity contribution < 1.29 is 4.79 Å². The maximum absolute atomic E-state index is 12.4. The van der Waals surface area contributed by atoms with Crippen LogP contribution in [-0.2, 0) is 18.9 Å². The highest BCUT2D eigenvalue weighted by Crippen LogP contribution is 2.24. The Hall–Kier alpha value is -2.48. The second kappa shape index (κ2) is 6.20. The Kier molecular flexibility index (Phi) is 4.23. The lowest BCUT2D eigenvalue weighted by Gasteiger charge is -2.25. The molecule has 2 unspecified atom stereocenters. The molecule has 1 saturated carbocycles. The zero-order chi connectivity index (χ0) is 17.4. The van der Waals surface area contributed by atoms with Crippen molar-refractivity contribution in [2.75, 3.05) is 5.32 Å². The number of nitrogens with zero attached hydrogens (tertiary/aromatic N) is 3. The van der Waals surface area contributed by atoms with E-state index in [1.54, 1.807) is 13.1 Å². The second-order valence-corrected chi connectivity index (χ2v) is 6.41. The number of aromatic nitrogens is 3. The maximum atomic E-state index is 12.4. The third-order valence-electron chi connectivity index (χ3n) is 4.65. The lowest BCUT2D eigenvalue weighted by atomic mass is 9.85. The molecular formula is C16H21N5O3. The van der Waals surface area contributed by atoms with E-state index in [9.17, 15) is 14.4 Å². The van der Waals surface area contributed by atoms with Crippen LogP contribution in [0.2, 0.25) is 0 Å². The molecule has 24 heavy (non-hydrogen) atoms. The molecule has 1 fully saturated rings. The SMILES string of the molecule is Cn1c(=O)c2cc(NC(=O)C3CCCC(N)C3)cnc2n(C)c1=O. The van der Waals surface area contributed by atoms with Gasteiger partial charge in [0.25, 0.3) is 5.56 Å². The van der Waals surface area contributed by atoms with Crippen molar-refractivity contribution in [1.82, 2.24) is 14.1 Å². The number of hydrogen-bond acceptors (Lipinski definition) is 5. The summed E-state index contributed by atoms with van der Waals surface area (Å²) in [6.45, 7) is 0. The number of carbonyl (C=O) groups is 1. The maximum Gasteiger partial charge on any atom is 0.332 e. The normalized spacial score (nSPS) is 21.0. The van der Waals surface area contributed by atoms with Crippen LogP contribution in [0.15, 0.2) is 21.9 Å². The molecule has 2 aromatic heterocycles. The van der Waals surface area contributed by atoms with Gasteiger partial charge in [0.15, 0.2) is 0 Å². The Morgan fingerprint density at radius 1 is 1.29 bits per heavy atom. The molecule has 8 nitrogen and oxygen atoms in total. The van der Waals surface area contributed by atoms with Crippen LogP contribution in [0, 0.1) is 5.92 Å². The summed E-state index contributed by atoms with van der Waals surface area (Å²) in [6.07, 6.45) is 4.84. The number of aryl methyl sites for hydroxylation is 1. The van der Waals surface area contributed by atoms with Crippen molar-refractivity contribution in [2.24, 2.45) is 25.7 Å². The molecule has 2 aromatic rings. The van der Waals surface area contributed by atoms with Gasteiger partial charge in [0.05, 0.1) is 17.3 Å². The van der Waals surface area contributed by atoms with Crippen molar-refractivity contribution in [3.8, 4) is 0 Å². The quantitative estimate of drug-likeness (QED) is 0.810. The fraction of sp³-hybridized carbons (Fsp3) is 0.500. The van der Waals surface area contributed by atoms with Crippen molar-refractivity contribution in [1.29, 1.82) is 0 Å². The molecule has 0 aliphatic heterocycles. The Bertz CT molecular complexity index is 914. The highest BCUT2D eigenvalue weighted by Gasteiger charge is 2.25. The molecular weight excluding hydrogens is 310 g/mol. The molecule has 1 amide bonds. The predicted octanol–water partition coefficient (Wildman–Crippen LogP) is 0.0882. The van der Waals surface area contributed by atoms with Crippen LogP contribution < -0.4 is 22.3 Å². The first kappa shape index (κ1) is 16.4. The molecule has 0 saturated heterocycles. The summed E-state index contributed by atoms with van der Waals surface area (Å²) in [6, 6.07) is 1.62. The summed E-state index contributed by atoms with van der Waals surface area (Å²) < 4.78 is 2.33. The Balaban J connectivity index is 1.92. The minimum atomic E-state index is -0.437. The molecule has 2 heterocycles. The van der Waals surface area contributed by atoms with E-state index in [1.807, 2.05) is 0 Å². The van der Waals surface area contributed by atoms with Gasteiger partial charge in [0.1, 0.15) is 5.65 Å². The number of pyridine rings is 1. The summed E-state index contributed by atoms with van der Waals surface area (Å²) in [5.41, 5.74) is 5.80. The van der Waals surface area contributed by atoms with Gasteiger partial charge in [0, 0.05) is 26.1 Å². The monoisotopic (exact) mass is 331 g/mol. The first-order valence-electron chi connectivity index (χ1n) is 8.00. The molecule has 3 N–H and O–H groups in total. The number of nitrogens with two attached hydrogens (primary N) is 1. The number of fused-ring (bicyclic) bond motifs is 1. The minimum absolute atomic E-state index is 0.0612. The van der Waals surface area contributed by atoms with Crippen LogP contribution in [0.5, 0.6) is 0 Å². The van der Waals surface area contributed by atoms with Crippen LogP contribution in [0.1, 0.15) is 25.7 Å². The minimum Gasteiger partial charge on any atom is -0.328 e. The zero-order valence-electron chi connectivity index (χ0n) is 13.8. The fourth-order valence-corrected chi connectivity index (χ4v) is 3.24. The summed E-state index contributed by atoms with van der Waals surface area (Å²) in [7, 11) is 2.97. The van der Waals surface area contributed by atoms with E-state index >= 15 is 0 Å². The Labute approximate surface area is 138 Å². The third-order valence-corrected chi connectivity index (χ3v) is 4.65. The number of nitrogens with one attached hydrogen (secondary N) is 1. The molecule has 3 rings (SSSR count). The number of rotatable bonds is 2. The van der Waals surface area contributed by atoms with Gasteiger partial charge in [0.2, 0.25) is 5.91 Å². The number of anilines is 1. The molecule has 0 radical (unpaired) electrons. The Morgan fingerprint density at radius 2 is 2.04 bits per heavy atom. The van der Waals surface area contributed by atoms with Crippen molar-refractivity contribution in [3.05, 3.63) is 33.1 Å². The van der Waals surface area contributed by atoms with Crippen LogP contribution in [0.25, 0.3) is 11.0 Å². The van der Waals surface area contributed by atoms with Crippen molar-refractivity contribution in [2.45, 2.75) is 31.7 Å². The lowest BCUT2D eigenvalue weighted by Crippen LogP contribution is -2.37. The first-order valence-corrected chi connectivity index (χ1v) is 8.00. The summed E-state index contributed by atoms with van der Waals surface area (Å²) in [5.74, 6) is -0.222. The highest BCUT2D eigenvalue weighted by atomic mass is 16.2. The topological polar surface area (TPSA) is 112 Å². The molecule has 1 aliphatic carbocycles. The third kappa shape index (κ3) is 2.84. The van der Waals surface area contributed by atoms with Crippen LogP contribution in [0.4, 0.5) is 5.69 Å². The molecule has 0 bridgehead atoms. The van der Waals surface area contributed by atoms with E-state index in [0.29, 0.717) is 17.8 Å². The molecule has 8 heteroatoms. The van der Waals surface area contributed by atoms with E-state index in [-0.39, 0.29) is 23.3 Å². The molecule has 1 aliphatic rings. The standard InChI is InChI=1S/C16H21N5O3/c1-20-13-12(15(23)21(2)16(20)24)7-11(8-18-13)19-14(22)9-4-3-5-10(17)6-9/h7-10H,3-6,17H2,1-2H3,(H,19,22). The molecule has 2 atom stereocenters. The van der Waals surface area contributed by atoms with E-state index < -0.39 is 11.2 Å². The average molecular weight is 331 g/mol.